The van der Waals surface area contributed by atoms with Crippen LogP contribution in [0.25, 0.3) is 16.8 Å². The van der Waals surface area contributed by atoms with Crippen LogP contribution in [-0.4, -0.2) is 33.0 Å². The quantitative estimate of drug-likeness (QED) is 0.198. The van der Waals surface area contributed by atoms with Crippen molar-refractivity contribution in [3.63, 3.8) is 0 Å². The van der Waals surface area contributed by atoms with Gasteiger partial charge in [0.1, 0.15) is 11.0 Å². The smallest absolute Gasteiger partial charge is 0.247 e. The average molecular weight is 613 g/mol. The summed E-state index contributed by atoms with van der Waals surface area (Å²) in [5, 5.41) is 9.02. The van der Waals surface area contributed by atoms with Gasteiger partial charge in [-0.25, -0.2) is 10.2 Å². The zero-order chi connectivity index (χ0) is 30.1. The summed E-state index contributed by atoms with van der Waals surface area (Å²) >= 11 is 12.1. The van der Waals surface area contributed by atoms with Gasteiger partial charge in [0.2, 0.25) is 11.8 Å². The molecule has 0 radical (unpaired) electrons. The number of rotatable bonds is 4. The second kappa shape index (κ2) is 12.2. The molecule has 9 nitrogen and oxygen atoms in total. The maximum absolute atomic E-state index is 15.1. The lowest BCUT2D eigenvalue weighted by Gasteiger charge is -2.35. The third-order valence-electron chi connectivity index (χ3n) is 7.76. The summed E-state index contributed by atoms with van der Waals surface area (Å²) in [4.78, 5) is 28.4. The standard InChI is InChI=1S/C30H32Cl2FN7O2/c1-17-4-3-5-25(19-10-20(12-22(33)11-19)29-24(37-30(17)42)15-36-38(29)2)39-9-8-18(13-28(39)41)23-14-21(31)6-7-26(23)40(35)16-27(32)34/h6-7,10-17,25H,3-5,8-9,34-35H2,1-2H3,(H,37,42)/b27-16-. The van der Waals surface area contributed by atoms with Gasteiger partial charge in [-0.3, -0.25) is 19.3 Å². The Morgan fingerprint density at radius 3 is 2.74 bits per heavy atom. The van der Waals surface area contributed by atoms with Gasteiger partial charge in [-0.05, 0) is 66.8 Å². The number of anilines is 2. The van der Waals surface area contributed by atoms with Crippen molar-refractivity contribution < 1.29 is 14.0 Å². The van der Waals surface area contributed by atoms with E-state index in [9.17, 15) is 9.59 Å². The number of amides is 2. The summed E-state index contributed by atoms with van der Waals surface area (Å²) in [6.45, 7) is 2.26. The number of benzene rings is 2. The Labute approximate surface area is 253 Å². The van der Waals surface area contributed by atoms with Crippen molar-refractivity contribution in [1.29, 1.82) is 0 Å². The summed E-state index contributed by atoms with van der Waals surface area (Å²) in [6.07, 6.45) is 6.86. The molecule has 2 aliphatic rings. The summed E-state index contributed by atoms with van der Waals surface area (Å²) in [6, 6.07) is 9.54. The Morgan fingerprint density at radius 2 is 2.00 bits per heavy atom. The number of halogens is 3. The minimum absolute atomic E-state index is 0.000264. The van der Waals surface area contributed by atoms with Crippen LogP contribution in [0.15, 0.2) is 60.0 Å². The lowest BCUT2D eigenvalue weighted by molar-refractivity contribution is -0.129. The van der Waals surface area contributed by atoms with Crippen LogP contribution >= 0.6 is 23.2 Å². The van der Waals surface area contributed by atoms with E-state index >= 15 is 4.39 Å². The highest BCUT2D eigenvalue weighted by atomic mass is 35.5. The van der Waals surface area contributed by atoms with E-state index in [1.807, 2.05) is 13.0 Å². The van der Waals surface area contributed by atoms with Crippen LogP contribution in [0.5, 0.6) is 0 Å². The van der Waals surface area contributed by atoms with E-state index in [0.717, 1.165) is 5.57 Å². The zero-order valence-corrected chi connectivity index (χ0v) is 24.8. The van der Waals surface area contributed by atoms with Gasteiger partial charge in [-0.1, -0.05) is 36.5 Å². The molecule has 2 aromatic carbocycles. The normalized spacial score (nSPS) is 19.8. The van der Waals surface area contributed by atoms with Crippen molar-refractivity contribution in [2.75, 3.05) is 16.9 Å². The molecule has 0 spiro atoms. The van der Waals surface area contributed by atoms with Gasteiger partial charge in [0.15, 0.2) is 0 Å². The highest BCUT2D eigenvalue weighted by Gasteiger charge is 2.30. The van der Waals surface area contributed by atoms with Crippen LogP contribution in [0, 0.1) is 11.7 Å². The first-order valence-electron chi connectivity index (χ1n) is 13.6. The van der Waals surface area contributed by atoms with Crippen molar-refractivity contribution in [3.05, 3.63) is 82.0 Å². The first-order chi connectivity index (χ1) is 20.0. The molecule has 3 aromatic rings. The molecule has 5 N–H and O–H groups in total. The van der Waals surface area contributed by atoms with Gasteiger partial charge in [-0.2, -0.15) is 5.10 Å². The van der Waals surface area contributed by atoms with Crippen molar-refractivity contribution in [1.82, 2.24) is 14.7 Å². The SMILES string of the molecule is CC1CCCC(N2CCC(c3cc(Cl)ccc3N(N)/C=C(\N)Cl)=CC2=O)c2cc(F)cc(c2)-c2c(cnn2C)NC1=O. The largest absolute Gasteiger partial charge is 0.388 e. The van der Waals surface area contributed by atoms with Crippen LogP contribution in [-0.2, 0) is 16.6 Å². The number of carbonyl (C=O) groups excluding carboxylic acids is 2. The third-order valence-corrected chi connectivity index (χ3v) is 8.09. The Hall–Kier alpha value is -3.86. The van der Waals surface area contributed by atoms with Crippen molar-refractivity contribution >= 4 is 52.0 Å². The maximum Gasteiger partial charge on any atom is 0.247 e. The minimum Gasteiger partial charge on any atom is -0.388 e. The molecule has 220 valence electrons. The predicted octanol–water partition coefficient (Wildman–Crippen LogP) is 5.67. The molecule has 2 aliphatic heterocycles. The van der Waals surface area contributed by atoms with Crippen LogP contribution in [0.4, 0.5) is 15.8 Å². The van der Waals surface area contributed by atoms with Crippen LogP contribution in [0.3, 0.4) is 0 Å². The molecule has 0 saturated heterocycles. The fraction of sp³-hybridized carbons (Fsp3) is 0.300. The van der Waals surface area contributed by atoms with Gasteiger partial charge >= 0.3 is 0 Å². The van der Waals surface area contributed by atoms with Gasteiger partial charge < -0.3 is 16.0 Å². The number of hydrazine groups is 1. The number of aryl methyl sites for hydroxylation is 1. The van der Waals surface area contributed by atoms with E-state index in [-0.39, 0.29) is 22.9 Å². The van der Waals surface area contributed by atoms with E-state index in [2.05, 4.69) is 10.4 Å². The van der Waals surface area contributed by atoms with E-state index in [4.69, 9.17) is 34.8 Å². The molecule has 0 saturated carbocycles. The first kappa shape index (κ1) is 29.6. The second-order valence-electron chi connectivity index (χ2n) is 10.7. The van der Waals surface area contributed by atoms with Crippen LogP contribution < -0.4 is 21.9 Å². The average Bonchev–Trinajstić information content (AvgIpc) is 3.29. The van der Waals surface area contributed by atoms with Crippen molar-refractivity contribution in [3.8, 4) is 11.3 Å². The number of nitrogens with zero attached hydrogens (tertiary/aromatic N) is 4. The molecule has 1 aromatic heterocycles. The van der Waals surface area contributed by atoms with Gasteiger partial charge in [0.05, 0.1) is 35.5 Å². The van der Waals surface area contributed by atoms with Crippen LogP contribution in [0.1, 0.15) is 49.8 Å². The Kier molecular flexibility index (Phi) is 8.58. The summed E-state index contributed by atoms with van der Waals surface area (Å²) < 4.78 is 16.7. The van der Waals surface area contributed by atoms with Gasteiger partial charge in [0, 0.05) is 41.7 Å². The molecule has 2 atom stereocenters. The lowest BCUT2D eigenvalue weighted by atomic mass is 9.91. The number of carbonyl (C=O) groups is 2. The fourth-order valence-electron chi connectivity index (χ4n) is 5.69. The summed E-state index contributed by atoms with van der Waals surface area (Å²) in [5.74, 6) is 5.15. The number of hydrogen-bond acceptors (Lipinski definition) is 6. The van der Waals surface area contributed by atoms with E-state index in [1.54, 1.807) is 47.1 Å². The van der Waals surface area contributed by atoms with Gasteiger partial charge in [0.25, 0.3) is 0 Å². The predicted molar refractivity (Wildman–Crippen MR) is 164 cm³/mol. The van der Waals surface area contributed by atoms with Crippen molar-refractivity contribution in [2.45, 2.75) is 38.6 Å². The lowest BCUT2D eigenvalue weighted by Crippen LogP contribution is -2.37. The fourth-order valence-corrected chi connectivity index (χ4v) is 5.97. The number of nitrogens with one attached hydrogen (secondary N) is 1. The molecule has 12 heteroatoms. The molecule has 0 fully saturated rings. The van der Waals surface area contributed by atoms with Crippen molar-refractivity contribution in [2.24, 2.45) is 24.5 Å². The first-order valence-corrected chi connectivity index (χ1v) is 14.4. The second-order valence-corrected chi connectivity index (χ2v) is 11.5. The third kappa shape index (κ3) is 6.16. The highest BCUT2D eigenvalue weighted by molar-refractivity contribution is 6.31. The summed E-state index contributed by atoms with van der Waals surface area (Å²) in [7, 11) is 1.74. The Morgan fingerprint density at radius 1 is 1.21 bits per heavy atom. The van der Waals surface area contributed by atoms with E-state index in [0.29, 0.717) is 71.0 Å². The molecular weight excluding hydrogens is 580 g/mol. The minimum atomic E-state index is -0.435. The molecule has 2 amide bonds. The molecule has 0 aliphatic carbocycles. The number of nitrogens with two attached hydrogens (primary N) is 2. The van der Waals surface area contributed by atoms with Gasteiger partial charge in [-0.15, -0.1) is 0 Å². The Bertz CT molecular complexity index is 1600. The molecule has 3 heterocycles. The maximum atomic E-state index is 15.1. The van der Waals surface area contributed by atoms with E-state index in [1.165, 1.54) is 23.3 Å². The highest BCUT2D eigenvalue weighted by Crippen LogP contribution is 2.39. The topological polar surface area (TPSA) is 123 Å². The monoisotopic (exact) mass is 611 g/mol. The zero-order valence-electron chi connectivity index (χ0n) is 23.3. The van der Waals surface area contributed by atoms with Crippen LogP contribution in [0.2, 0.25) is 5.02 Å². The number of aromatic nitrogens is 2. The summed E-state index contributed by atoms with van der Waals surface area (Å²) in [5.41, 5.74) is 9.98. The van der Waals surface area contributed by atoms with E-state index < -0.39 is 11.9 Å². The molecular formula is C30H32Cl2FN7O2. The molecule has 42 heavy (non-hydrogen) atoms. The Balaban J connectivity index is 1.54. The number of fused-ring (bicyclic) bond motifs is 4. The molecule has 2 bridgehead atoms. The number of hydrogen-bond donors (Lipinski definition) is 3. The molecule has 2 unspecified atom stereocenters. The molecule has 5 rings (SSSR count).